The van der Waals surface area contributed by atoms with Gasteiger partial charge in [-0.15, -0.1) is 0 Å². The number of aromatic nitrogens is 2. The zero-order chi connectivity index (χ0) is 13.2. The predicted molar refractivity (Wildman–Crippen MR) is 61.2 cm³/mol. The third-order valence-corrected chi connectivity index (χ3v) is 4.16. The number of aromatic amines is 1. The Morgan fingerprint density at radius 3 is 2.53 bits per heavy atom. The van der Waals surface area contributed by atoms with Crippen LogP contribution in [0.1, 0.15) is 13.8 Å². The van der Waals surface area contributed by atoms with Crippen molar-refractivity contribution in [2.45, 2.75) is 24.8 Å². The van der Waals surface area contributed by atoms with Gasteiger partial charge < -0.3 is 11.5 Å². The van der Waals surface area contributed by atoms with Crippen LogP contribution in [0.2, 0.25) is 0 Å². The molecule has 0 atom stereocenters. The lowest BCUT2D eigenvalue weighted by Gasteiger charge is -2.23. The second-order valence-corrected chi connectivity index (χ2v) is 5.62. The number of primary amides is 1. The molecule has 17 heavy (non-hydrogen) atoms. The topological polar surface area (TPSA) is 135 Å². The van der Waals surface area contributed by atoms with Gasteiger partial charge in [-0.05, 0) is 13.8 Å². The zero-order valence-corrected chi connectivity index (χ0v) is 10.4. The van der Waals surface area contributed by atoms with E-state index in [1.807, 2.05) is 0 Å². The van der Waals surface area contributed by atoms with E-state index in [-0.39, 0.29) is 10.7 Å². The Labute approximate surface area is 99.0 Å². The molecular formula is C8H15N5O3S. The molecule has 0 bridgehead atoms. The average Bonchev–Trinajstić information content (AvgIpc) is 2.60. The molecule has 96 valence electrons. The molecule has 1 aromatic heterocycles. The number of H-pyrrole nitrogens is 1. The first kappa shape index (κ1) is 13.5. The van der Waals surface area contributed by atoms with Crippen LogP contribution >= 0.6 is 0 Å². The smallest absolute Gasteiger partial charge is 0.249 e. The summed E-state index contributed by atoms with van der Waals surface area (Å²) in [5.41, 5.74) is 10.5. The largest absolute Gasteiger partial charge is 0.383 e. The van der Waals surface area contributed by atoms with E-state index >= 15 is 0 Å². The lowest BCUT2D eigenvalue weighted by atomic mass is 10.4. The van der Waals surface area contributed by atoms with E-state index in [0.717, 1.165) is 10.5 Å². The van der Waals surface area contributed by atoms with E-state index in [1.54, 1.807) is 13.8 Å². The van der Waals surface area contributed by atoms with Gasteiger partial charge in [0.15, 0.2) is 0 Å². The van der Waals surface area contributed by atoms with Crippen molar-refractivity contribution in [2.24, 2.45) is 5.73 Å². The molecule has 1 heterocycles. The molecule has 0 aliphatic carbocycles. The lowest BCUT2D eigenvalue weighted by Crippen LogP contribution is -2.42. The van der Waals surface area contributed by atoms with Crippen LogP contribution in [0, 0.1) is 0 Å². The number of nitrogens with zero attached hydrogens (tertiary/aromatic N) is 2. The number of nitrogens with two attached hydrogens (primary N) is 2. The molecule has 0 saturated carbocycles. The fourth-order valence-electron chi connectivity index (χ4n) is 1.32. The number of hydrogen-bond donors (Lipinski definition) is 3. The number of amides is 1. The highest BCUT2D eigenvalue weighted by Gasteiger charge is 2.31. The van der Waals surface area contributed by atoms with E-state index in [0.29, 0.717) is 0 Å². The van der Waals surface area contributed by atoms with Crippen LogP contribution < -0.4 is 11.5 Å². The minimum absolute atomic E-state index is 0.0693. The minimum atomic E-state index is -3.87. The highest BCUT2D eigenvalue weighted by molar-refractivity contribution is 7.89. The molecular weight excluding hydrogens is 246 g/mol. The molecule has 0 aliphatic rings. The highest BCUT2D eigenvalue weighted by atomic mass is 32.2. The number of carbonyl (C=O) groups excluding carboxylic acids is 1. The summed E-state index contributed by atoms with van der Waals surface area (Å²) in [7, 11) is -3.87. The maximum atomic E-state index is 12.2. The molecule has 0 fully saturated rings. The molecule has 0 unspecified atom stereocenters. The van der Waals surface area contributed by atoms with Gasteiger partial charge in [-0.1, -0.05) is 0 Å². The molecule has 8 nitrogen and oxygen atoms in total. The van der Waals surface area contributed by atoms with Crippen LogP contribution in [0.4, 0.5) is 5.82 Å². The van der Waals surface area contributed by atoms with E-state index in [9.17, 15) is 13.2 Å². The van der Waals surface area contributed by atoms with Crippen LogP contribution in [-0.4, -0.2) is 41.4 Å². The van der Waals surface area contributed by atoms with Gasteiger partial charge in [-0.2, -0.15) is 9.40 Å². The maximum Gasteiger partial charge on any atom is 0.249 e. The number of nitrogen functional groups attached to an aromatic ring is 1. The van der Waals surface area contributed by atoms with Crippen molar-refractivity contribution in [3.05, 3.63) is 6.20 Å². The molecule has 9 heteroatoms. The normalized spacial score (nSPS) is 12.2. The van der Waals surface area contributed by atoms with Gasteiger partial charge in [-0.25, -0.2) is 8.42 Å². The third-order valence-electron chi connectivity index (χ3n) is 2.11. The molecule has 0 aliphatic heterocycles. The van der Waals surface area contributed by atoms with Crippen LogP contribution in [0.15, 0.2) is 11.1 Å². The van der Waals surface area contributed by atoms with E-state index in [4.69, 9.17) is 11.5 Å². The third kappa shape index (κ3) is 2.74. The summed E-state index contributed by atoms with van der Waals surface area (Å²) in [5.74, 6) is -0.801. The predicted octanol–water partition coefficient (Wildman–Crippen LogP) is -1.12. The van der Waals surface area contributed by atoms with Gasteiger partial charge in [0.1, 0.15) is 10.7 Å². The SMILES string of the molecule is CC(C)N(CC(N)=O)S(=O)(=O)c1cn[nH]c1N. The molecule has 1 amide bonds. The monoisotopic (exact) mass is 261 g/mol. The number of sulfonamides is 1. The molecule has 0 spiro atoms. The second-order valence-electron chi connectivity index (χ2n) is 3.76. The highest BCUT2D eigenvalue weighted by Crippen LogP contribution is 2.21. The first-order valence-corrected chi connectivity index (χ1v) is 6.29. The fourth-order valence-corrected chi connectivity index (χ4v) is 2.93. The van der Waals surface area contributed by atoms with Gasteiger partial charge in [0.25, 0.3) is 0 Å². The number of carbonyl (C=O) groups is 1. The summed E-state index contributed by atoms with van der Waals surface area (Å²) >= 11 is 0. The number of hydrogen-bond acceptors (Lipinski definition) is 5. The summed E-state index contributed by atoms with van der Waals surface area (Å²) < 4.78 is 25.3. The van der Waals surface area contributed by atoms with Gasteiger partial charge in [-0.3, -0.25) is 9.89 Å². The summed E-state index contributed by atoms with van der Waals surface area (Å²) in [6, 6.07) is -0.415. The first-order chi connectivity index (χ1) is 7.76. The Hall–Kier alpha value is -1.61. The number of rotatable bonds is 5. The number of nitrogens with one attached hydrogen (secondary N) is 1. The maximum absolute atomic E-state index is 12.2. The molecule has 0 saturated heterocycles. The lowest BCUT2D eigenvalue weighted by molar-refractivity contribution is -0.118. The Balaban J connectivity index is 3.18. The summed E-state index contributed by atoms with van der Waals surface area (Å²) in [5, 5.41) is 5.86. The molecule has 0 aromatic carbocycles. The van der Waals surface area contributed by atoms with Crippen molar-refractivity contribution in [3.63, 3.8) is 0 Å². The standard InChI is InChI=1S/C8H15N5O3S/c1-5(2)13(4-7(9)14)17(15,16)6-3-11-12-8(6)10/h3,5H,4H2,1-2H3,(H2,9,14)(H3,10,11,12). The summed E-state index contributed by atoms with van der Waals surface area (Å²) in [6.07, 6.45) is 1.10. The Morgan fingerprint density at radius 2 is 2.18 bits per heavy atom. The molecule has 5 N–H and O–H groups in total. The van der Waals surface area contributed by atoms with Crippen LogP contribution in [0.3, 0.4) is 0 Å². The zero-order valence-electron chi connectivity index (χ0n) is 9.54. The van der Waals surface area contributed by atoms with E-state index < -0.39 is 28.5 Å². The van der Waals surface area contributed by atoms with Crippen molar-refractivity contribution in [1.29, 1.82) is 0 Å². The summed E-state index contributed by atoms with van der Waals surface area (Å²) in [6.45, 7) is 2.87. The van der Waals surface area contributed by atoms with E-state index in [2.05, 4.69) is 10.2 Å². The van der Waals surface area contributed by atoms with Gasteiger partial charge in [0.2, 0.25) is 15.9 Å². The average molecular weight is 261 g/mol. The van der Waals surface area contributed by atoms with E-state index in [1.165, 1.54) is 0 Å². The molecule has 1 rings (SSSR count). The minimum Gasteiger partial charge on any atom is -0.383 e. The van der Waals surface area contributed by atoms with Crippen molar-refractivity contribution in [2.75, 3.05) is 12.3 Å². The van der Waals surface area contributed by atoms with Crippen molar-refractivity contribution in [3.8, 4) is 0 Å². The Kier molecular flexibility index (Phi) is 3.73. The van der Waals surface area contributed by atoms with Crippen molar-refractivity contribution >= 4 is 21.7 Å². The quantitative estimate of drug-likeness (QED) is 0.616. The Bertz CT molecular complexity index is 507. The summed E-state index contributed by atoms with van der Waals surface area (Å²) in [4.78, 5) is 10.7. The fraction of sp³-hybridized carbons (Fsp3) is 0.500. The number of anilines is 1. The van der Waals surface area contributed by atoms with Crippen LogP contribution in [0.5, 0.6) is 0 Å². The van der Waals surface area contributed by atoms with Gasteiger partial charge in [0.05, 0.1) is 12.7 Å². The first-order valence-electron chi connectivity index (χ1n) is 4.85. The van der Waals surface area contributed by atoms with Crippen LogP contribution in [0.25, 0.3) is 0 Å². The van der Waals surface area contributed by atoms with Crippen LogP contribution in [-0.2, 0) is 14.8 Å². The van der Waals surface area contributed by atoms with Crippen molar-refractivity contribution < 1.29 is 13.2 Å². The second kappa shape index (κ2) is 4.72. The van der Waals surface area contributed by atoms with Gasteiger partial charge in [0, 0.05) is 6.04 Å². The van der Waals surface area contributed by atoms with Gasteiger partial charge >= 0.3 is 0 Å². The van der Waals surface area contributed by atoms with Crippen molar-refractivity contribution in [1.82, 2.24) is 14.5 Å². The molecule has 1 aromatic rings. The molecule has 0 radical (unpaired) electrons. The Morgan fingerprint density at radius 1 is 1.59 bits per heavy atom.